The van der Waals surface area contributed by atoms with Gasteiger partial charge in [0.05, 0.1) is 19.1 Å². The number of nitrogens with one attached hydrogen (secondary N) is 1. The fraction of sp³-hybridized carbons (Fsp3) is 0.500. The molecule has 2 heterocycles. The Balaban J connectivity index is 1.57. The Bertz CT molecular complexity index is 800. The molecule has 0 spiro atoms. The lowest BCUT2D eigenvalue weighted by Gasteiger charge is -2.37. The van der Waals surface area contributed by atoms with Gasteiger partial charge in [-0.25, -0.2) is 13.2 Å². The second kappa shape index (κ2) is 7.49. The second-order valence-electron chi connectivity index (χ2n) is 6.53. The number of hydrazone groups is 1. The summed E-state index contributed by atoms with van der Waals surface area (Å²) in [4.78, 5) is 14.5. The number of piperazine rings is 1. The van der Waals surface area contributed by atoms with Gasteiger partial charge in [0.1, 0.15) is 11.7 Å². The molecule has 0 bridgehead atoms. The average molecular weight is 410 g/mol. The molecule has 1 fully saturated rings. The highest BCUT2D eigenvalue weighted by Crippen LogP contribution is 2.27. The number of halogens is 6. The lowest BCUT2D eigenvalue weighted by molar-refractivity contribution is -0.179. The highest BCUT2D eigenvalue weighted by molar-refractivity contribution is 5.90. The molecular formula is C16H16F6N4O2. The van der Waals surface area contributed by atoms with Gasteiger partial charge < -0.3 is 14.9 Å². The third-order valence-corrected chi connectivity index (χ3v) is 4.52. The Morgan fingerprint density at radius 2 is 1.89 bits per heavy atom. The minimum atomic E-state index is -4.53. The molecule has 28 heavy (non-hydrogen) atoms. The van der Waals surface area contributed by atoms with Gasteiger partial charge in [0, 0.05) is 25.6 Å². The van der Waals surface area contributed by atoms with Crippen molar-refractivity contribution in [3.8, 4) is 0 Å². The summed E-state index contributed by atoms with van der Waals surface area (Å²) in [5, 5.41) is 13.6. The molecule has 2 atom stereocenters. The SMILES string of the molecule is O=C(C[C@H](O)Cc1cc(F)c(F)cc1F)N1CCN2C(=NNC2C(F)(F)F)C1. The molecule has 1 saturated heterocycles. The van der Waals surface area contributed by atoms with E-state index in [2.05, 4.69) is 5.10 Å². The maximum Gasteiger partial charge on any atom is 0.428 e. The van der Waals surface area contributed by atoms with Crippen molar-refractivity contribution in [1.82, 2.24) is 15.2 Å². The van der Waals surface area contributed by atoms with E-state index in [9.17, 15) is 36.2 Å². The van der Waals surface area contributed by atoms with Gasteiger partial charge in [-0.05, 0) is 11.6 Å². The smallest absolute Gasteiger partial charge is 0.392 e. The number of amides is 1. The van der Waals surface area contributed by atoms with Crippen LogP contribution in [0.25, 0.3) is 0 Å². The van der Waals surface area contributed by atoms with E-state index in [1.807, 2.05) is 5.43 Å². The number of hydrogen-bond acceptors (Lipinski definition) is 5. The number of fused-ring (bicyclic) bond motifs is 1. The van der Waals surface area contributed by atoms with Crippen LogP contribution in [0, 0.1) is 17.5 Å². The molecule has 2 N–H and O–H groups in total. The molecule has 0 aromatic heterocycles. The third kappa shape index (κ3) is 4.16. The quantitative estimate of drug-likeness (QED) is 0.581. The number of rotatable bonds is 4. The molecule has 1 aromatic carbocycles. The van der Waals surface area contributed by atoms with Crippen molar-refractivity contribution in [3.05, 3.63) is 35.1 Å². The van der Waals surface area contributed by atoms with Gasteiger partial charge in [-0.15, -0.1) is 0 Å². The van der Waals surface area contributed by atoms with E-state index in [0.717, 1.165) is 4.90 Å². The zero-order chi connectivity index (χ0) is 20.6. The van der Waals surface area contributed by atoms with Crippen LogP contribution >= 0.6 is 0 Å². The van der Waals surface area contributed by atoms with E-state index in [1.54, 1.807) is 0 Å². The van der Waals surface area contributed by atoms with Crippen molar-refractivity contribution >= 4 is 11.7 Å². The first-order chi connectivity index (χ1) is 13.1. The largest absolute Gasteiger partial charge is 0.428 e. The predicted octanol–water partition coefficient (Wildman–Crippen LogP) is 1.35. The molecule has 154 valence electrons. The van der Waals surface area contributed by atoms with E-state index in [-0.39, 0.29) is 31.0 Å². The number of aliphatic hydroxyl groups is 1. The Morgan fingerprint density at radius 1 is 1.21 bits per heavy atom. The van der Waals surface area contributed by atoms with Crippen molar-refractivity contribution < 1.29 is 36.2 Å². The molecular weight excluding hydrogens is 394 g/mol. The first-order valence-corrected chi connectivity index (χ1v) is 8.31. The summed E-state index contributed by atoms with van der Waals surface area (Å²) in [6, 6.07) is 0.952. The van der Waals surface area contributed by atoms with Crippen LogP contribution in [0.5, 0.6) is 0 Å². The molecule has 6 nitrogen and oxygen atoms in total. The van der Waals surface area contributed by atoms with Crippen LogP contribution in [0.1, 0.15) is 12.0 Å². The van der Waals surface area contributed by atoms with Gasteiger partial charge in [-0.2, -0.15) is 18.3 Å². The van der Waals surface area contributed by atoms with E-state index in [4.69, 9.17) is 0 Å². The van der Waals surface area contributed by atoms with Crippen LogP contribution in [-0.4, -0.2) is 64.7 Å². The number of aliphatic hydroxyl groups excluding tert-OH is 1. The van der Waals surface area contributed by atoms with Crippen LogP contribution in [0.3, 0.4) is 0 Å². The summed E-state index contributed by atoms with van der Waals surface area (Å²) in [7, 11) is 0. The molecule has 3 rings (SSSR count). The molecule has 1 aromatic rings. The highest BCUT2D eigenvalue weighted by Gasteiger charge is 2.49. The van der Waals surface area contributed by atoms with Crippen molar-refractivity contribution in [1.29, 1.82) is 0 Å². The molecule has 12 heteroatoms. The summed E-state index contributed by atoms with van der Waals surface area (Å²) in [6.07, 6.45) is -8.73. The maximum atomic E-state index is 13.6. The fourth-order valence-electron chi connectivity index (χ4n) is 3.12. The number of carbonyl (C=O) groups is 1. The van der Waals surface area contributed by atoms with Gasteiger partial charge >= 0.3 is 6.18 Å². The van der Waals surface area contributed by atoms with E-state index in [1.165, 1.54) is 4.90 Å². The van der Waals surface area contributed by atoms with Crippen LogP contribution in [0.15, 0.2) is 17.2 Å². The first-order valence-electron chi connectivity index (χ1n) is 8.31. The zero-order valence-electron chi connectivity index (χ0n) is 14.3. The van der Waals surface area contributed by atoms with Crippen LogP contribution in [-0.2, 0) is 11.2 Å². The van der Waals surface area contributed by atoms with E-state index in [0.29, 0.717) is 12.1 Å². The molecule has 0 saturated carbocycles. The van der Waals surface area contributed by atoms with E-state index < -0.39 is 54.6 Å². The predicted molar refractivity (Wildman–Crippen MR) is 84.3 cm³/mol. The average Bonchev–Trinajstić information content (AvgIpc) is 3.03. The maximum absolute atomic E-state index is 13.6. The lowest BCUT2D eigenvalue weighted by Crippen LogP contribution is -2.58. The lowest BCUT2D eigenvalue weighted by atomic mass is 10.0. The summed E-state index contributed by atoms with van der Waals surface area (Å²) < 4.78 is 78.4. The van der Waals surface area contributed by atoms with E-state index >= 15 is 0 Å². The van der Waals surface area contributed by atoms with Gasteiger partial charge in [0.2, 0.25) is 12.1 Å². The molecule has 0 aliphatic carbocycles. The molecule has 2 aliphatic rings. The standard InChI is InChI=1S/C16H16F6N4O2/c17-10-6-12(19)11(18)4-8(10)3-9(27)5-14(28)25-1-2-26-13(7-25)23-24-15(26)16(20,21)22/h4,6,9,15,24,27H,1-3,5,7H2/t9-,15?/m1/s1. The van der Waals surface area contributed by atoms with Crippen molar-refractivity contribution in [2.45, 2.75) is 31.3 Å². The molecule has 1 amide bonds. The third-order valence-electron chi connectivity index (χ3n) is 4.52. The minimum absolute atomic E-state index is 0.0155. The van der Waals surface area contributed by atoms with Crippen LogP contribution in [0.4, 0.5) is 26.3 Å². The zero-order valence-corrected chi connectivity index (χ0v) is 14.3. The van der Waals surface area contributed by atoms with Gasteiger partial charge in [0.25, 0.3) is 0 Å². The molecule has 2 aliphatic heterocycles. The first kappa shape index (κ1) is 20.2. The van der Waals surface area contributed by atoms with Crippen LogP contribution < -0.4 is 5.43 Å². The number of carbonyl (C=O) groups excluding carboxylic acids is 1. The van der Waals surface area contributed by atoms with Crippen LogP contribution in [0.2, 0.25) is 0 Å². The Morgan fingerprint density at radius 3 is 2.57 bits per heavy atom. The topological polar surface area (TPSA) is 68.2 Å². The van der Waals surface area contributed by atoms with Gasteiger partial charge in [-0.3, -0.25) is 10.2 Å². The summed E-state index contributed by atoms with van der Waals surface area (Å²) >= 11 is 0. The van der Waals surface area contributed by atoms with Crippen molar-refractivity contribution in [3.63, 3.8) is 0 Å². The summed E-state index contributed by atoms with van der Waals surface area (Å²) in [6.45, 7) is -0.293. The van der Waals surface area contributed by atoms with Crippen molar-refractivity contribution in [2.75, 3.05) is 19.6 Å². The van der Waals surface area contributed by atoms with Gasteiger partial charge in [0.15, 0.2) is 11.6 Å². The Labute approximate surface area is 155 Å². The highest BCUT2D eigenvalue weighted by atomic mass is 19.4. The normalized spacial score (nSPS) is 20.5. The van der Waals surface area contributed by atoms with Crippen molar-refractivity contribution in [2.24, 2.45) is 5.10 Å². The number of amidine groups is 1. The number of hydrogen-bond donors (Lipinski definition) is 2. The molecule has 0 radical (unpaired) electrons. The fourth-order valence-corrected chi connectivity index (χ4v) is 3.12. The molecule has 1 unspecified atom stereocenters. The summed E-state index contributed by atoms with van der Waals surface area (Å²) in [5.74, 6) is -4.23. The number of alkyl halides is 3. The Kier molecular flexibility index (Phi) is 5.41. The number of benzene rings is 1. The Hall–Kier alpha value is -2.50. The number of nitrogens with zero attached hydrogens (tertiary/aromatic N) is 3. The minimum Gasteiger partial charge on any atom is -0.392 e. The monoisotopic (exact) mass is 410 g/mol. The second-order valence-corrected chi connectivity index (χ2v) is 6.53. The van der Waals surface area contributed by atoms with Gasteiger partial charge in [-0.1, -0.05) is 0 Å². The summed E-state index contributed by atoms with van der Waals surface area (Å²) in [5.41, 5.74) is 1.69.